The van der Waals surface area contributed by atoms with Crippen LogP contribution in [0.15, 0.2) is 39.6 Å². The summed E-state index contributed by atoms with van der Waals surface area (Å²) in [6.07, 6.45) is 1.06. The second-order valence-corrected chi connectivity index (χ2v) is 6.52. The van der Waals surface area contributed by atoms with Gasteiger partial charge in [-0.3, -0.25) is 9.59 Å². The van der Waals surface area contributed by atoms with Gasteiger partial charge in [0.15, 0.2) is 0 Å². The van der Waals surface area contributed by atoms with E-state index in [1.165, 1.54) is 6.07 Å². The number of nitrogens with zero attached hydrogens (tertiary/aromatic N) is 1. The predicted molar refractivity (Wildman–Crippen MR) is 90.5 cm³/mol. The maximum Gasteiger partial charge on any atom is 0.280 e. The first-order chi connectivity index (χ1) is 12.0. The smallest absolute Gasteiger partial charge is 0.280 e. The van der Waals surface area contributed by atoms with Crippen molar-refractivity contribution < 1.29 is 19.2 Å². The summed E-state index contributed by atoms with van der Waals surface area (Å²) in [7, 11) is 0. The van der Waals surface area contributed by atoms with E-state index in [1.807, 2.05) is 31.2 Å². The van der Waals surface area contributed by atoms with Crippen molar-refractivity contribution in [2.75, 3.05) is 19.7 Å². The molecule has 1 saturated heterocycles. The fourth-order valence-electron chi connectivity index (χ4n) is 2.95. The highest BCUT2D eigenvalue weighted by molar-refractivity contribution is 5.76. The number of hydrogen-bond donors (Lipinski definition) is 2. The second kappa shape index (κ2) is 7.14. The molecule has 3 rings (SSSR count). The molecule has 1 aliphatic rings. The fraction of sp³-hybridized carbons (Fsp3) is 0.444. The number of benzene rings is 1. The Morgan fingerprint density at radius 3 is 2.96 bits per heavy atom. The summed E-state index contributed by atoms with van der Waals surface area (Å²) in [6.45, 7) is 2.83. The maximum atomic E-state index is 12.3. The van der Waals surface area contributed by atoms with Gasteiger partial charge in [0.1, 0.15) is 23.7 Å². The monoisotopic (exact) mass is 346 g/mol. The number of rotatable bonds is 6. The minimum Gasteiger partial charge on any atom is -0.490 e. The number of aromatic amines is 1. The largest absolute Gasteiger partial charge is 0.490 e. The number of para-hydroxylation sites is 1. The number of carbonyl (C=O) groups excluding carboxylic acids is 1. The van der Waals surface area contributed by atoms with E-state index in [-0.39, 0.29) is 31.0 Å². The molecule has 2 N–H and O–H groups in total. The van der Waals surface area contributed by atoms with Crippen molar-refractivity contribution in [3.05, 3.63) is 52.0 Å². The first-order valence-corrected chi connectivity index (χ1v) is 8.31. The van der Waals surface area contributed by atoms with Crippen LogP contribution < -0.4 is 10.3 Å². The van der Waals surface area contributed by atoms with Crippen LogP contribution in [0.1, 0.15) is 24.2 Å². The first kappa shape index (κ1) is 17.3. The molecule has 0 spiro atoms. The van der Waals surface area contributed by atoms with Crippen molar-refractivity contribution in [3.8, 4) is 5.75 Å². The highest BCUT2D eigenvalue weighted by atomic mass is 16.5. The zero-order valence-electron chi connectivity index (χ0n) is 14.2. The van der Waals surface area contributed by atoms with Gasteiger partial charge >= 0.3 is 0 Å². The molecule has 25 heavy (non-hydrogen) atoms. The summed E-state index contributed by atoms with van der Waals surface area (Å²) in [5.41, 5.74) is -0.352. The van der Waals surface area contributed by atoms with Crippen molar-refractivity contribution in [1.29, 1.82) is 0 Å². The molecule has 0 saturated carbocycles. The highest BCUT2D eigenvalue weighted by Crippen LogP contribution is 2.25. The van der Waals surface area contributed by atoms with Gasteiger partial charge in [0.2, 0.25) is 5.91 Å². The average molecular weight is 346 g/mol. The molecule has 0 bridgehead atoms. The lowest BCUT2D eigenvalue weighted by molar-refractivity contribution is -0.131. The van der Waals surface area contributed by atoms with Crippen LogP contribution in [0.2, 0.25) is 0 Å². The van der Waals surface area contributed by atoms with Gasteiger partial charge in [0.05, 0.1) is 6.54 Å². The molecule has 0 aliphatic carbocycles. The van der Waals surface area contributed by atoms with Crippen LogP contribution >= 0.6 is 0 Å². The van der Waals surface area contributed by atoms with Gasteiger partial charge in [-0.25, -0.2) is 0 Å². The number of aryl methyl sites for hydroxylation is 2. The number of likely N-dealkylation sites (tertiary alicyclic amines) is 1. The lowest BCUT2D eigenvalue weighted by atomic mass is 10.1. The van der Waals surface area contributed by atoms with E-state index >= 15 is 0 Å². The number of hydrogen-bond acceptors (Lipinski definition) is 5. The quantitative estimate of drug-likeness (QED) is 0.821. The number of β-amino-alcohol motifs (C(OH)–C–C–N with tert-alkyl or cyclic N) is 1. The Morgan fingerprint density at radius 2 is 2.24 bits per heavy atom. The summed E-state index contributed by atoms with van der Waals surface area (Å²) < 4.78 is 10.7. The Bertz CT molecular complexity index is 797. The van der Waals surface area contributed by atoms with E-state index in [2.05, 4.69) is 5.16 Å². The number of aromatic nitrogens is 1. The lowest BCUT2D eigenvalue weighted by Gasteiger charge is -2.24. The topological polar surface area (TPSA) is 95.8 Å². The van der Waals surface area contributed by atoms with Gasteiger partial charge < -0.3 is 19.3 Å². The average Bonchev–Trinajstić information content (AvgIpc) is 3.18. The molecule has 1 amide bonds. The van der Waals surface area contributed by atoms with Crippen molar-refractivity contribution in [2.45, 2.75) is 31.8 Å². The van der Waals surface area contributed by atoms with Crippen LogP contribution in [-0.2, 0) is 11.2 Å². The highest BCUT2D eigenvalue weighted by Gasteiger charge is 2.38. The number of aliphatic hydroxyl groups is 1. The second-order valence-electron chi connectivity index (χ2n) is 6.52. The molecule has 0 unspecified atom stereocenters. The third kappa shape index (κ3) is 4.30. The Kier molecular flexibility index (Phi) is 4.94. The zero-order valence-corrected chi connectivity index (χ0v) is 14.2. The normalized spacial score (nSPS) is 20.0. The van der Waals surface area contributed by atoms with E-state index < -0.39 is 5.60 Å². The predicted octanol–water partition coefficient (Wildman–Crippen LogP) is 1.25. The lowest BCUT2D eigenvalue weighted by Crippen LogP contribution is -2.40. The number of nitrogens with one attached hydrogen (secondary N) is 1. The van der Waals surface area contributed by atoms with E-state index in [9.17, 15) is 14.7 Å². The molecule has 1 atom stereocenters. The van der Waals surface area contributed by atoms with E-state index in [0.717, 1.165) is 11.3 Å². The minimum absolute atomic E-state index is 0.0735. The summed E-state index contributed by atoms with van der Waals surface area (Å²) in [5, 5.41) is 12.9. The SMILES string of the molecule is Cc1ccccc1OC[C@]1(O)CCN(C(=O)CCc2cc(=O)[nH]o2)C1. The molecule has 7 nitrogen and oxygen atoms in total. The van der Waals surface area contributed by atoms with E-state index in [0.29, 0.717) is 25.1 Å². The number of carbonyl (C=O) groups is 1. The van der Waals surface area contributed by atoms with Gasteiger partial charge in [-0.15, -0.1) is 0 Å². The third-order valence-electron chi connectivity index (χ3n) is 4.43. The number of amides is 1. The number of H-pyrrole nitrogens is 1. The van der Waals surface area contributed by atoms with Crippen LogP contribution in [-0.4, -0.2) is 46.4 Å². The fourth-order valence-corrected chi connectivity index (χ4v) is 2.95. The number of ether oxygens (including phenoxy) is 1. The molecule has 7 heteroatoms. The standard InChI is InChI=1S/C18H22N2O5/c1-13-4-2-3-5-15(13)24-12-18(23)8-9-20(11-18)17(22)7-6-14-10-16(21)19-25-14/h2-5,10,23H,6-9,11-12H2,1H3,(H,19,21)/t18-/m0/s1. The summed E-state index contributed by atoms with van der Waals surface area (Å²) in [4.78, 5) is 24.9. The van der Waals surface area contributed by atoms with Crippen LogP contribution in [0.3, 0.4) is 0 Å². The van der Waals surface area contributed by atoms with E-state index in [1.54, 1.807) is 4.90 Å². The van der Waals surface area contributed by atoms with Gasteiger partial charge in [0, 0.05) is 25.5 Å². The zero-order chi connectivity index (χ0) is 17.9. The molecule has 1 aromatic heterocycles. The van der Waals surface area contributed by atoms with Crippen molar-refractivity contribution in [2.24, 2.45) is 0 Å². The van der Waals surface area contributed by atoms with Gasteiger partial charge in [-0.2, -0.15) is 5.16 Å². The molecule has 1 aromatic carbocycles. The Hall–Kier alpha value is -2.54. The minimum atomic E-state index is -1.04. The Labute approximate surface area is 145 Å². The van der Waals surface area contributed by atoms with Gasteiger partial charge in [0.25, 0.3) is 5.56 Å². The van der Waals surface area contributed by atoms with Crippen LogP contribution in [0.25, 0.3) is 0 Å². The molecule has 1 fully saturated rings. The van der Waals surface area contributed by atoms with E-state index in [4.69, 9.17) is 9.26 Å². The van der Waals surface area contributed by atoms with Crippen LogP contribution in [0.5, 0.6) is 5.75 Å². The third-order valence-corrected chi connectivity index (χ3v) is 4.43. The molecule has 2 heterocycles. The Balaban J connectivity index is 1.50. The molecule has 0 radical (unpaired) electrons. The van der Waals surface area contributed by atoms with Crippen LogP contribution in [0, 0.1) is 6.92 Å². The van der Waals surface area contributed by atoms with Gasteiger partial charge in [-0.05, 0) is 25.0 Å². The van der Waals surface area contributed by atoms with Gasteiger partial charge in [-0.1, -0.05) is 18.2 Å². The molecule has 2 aromatic rings. The van der Waals surface area contributed by atoms with Crippen molar-refractivity contribution in [1.82, 2.24) is 10.1 Å². The maximum absolute atomic E-state index is 12.3. The van der Waals surface area contributed by atoms with Crippen LogP contribution in [0.4, 0.5) is 0 Å². The van der Waals surface area contributed by atoms with Crippen molar-refractivity contribution in [3.63, 3.8) is 0 Å². The molecule has 134 valence electrons. The summed E-state index contributed by atoms with van der Waals surface area (Å²) >= 11 is 0. The molecular formula is C18H22N2O5. The summed E-state index contributed by atoms with van der Waals surface area (Å²) in [6, 6.07) is 8.96. The van der Waals surface area contributed by atoms with Crippen molar-refractivity contribution >= 4 is 5.91 Å². The Morgan fingerprint density at radius 1 is 1.44 bits per heavy atom. The molecule has 1 aliphatic heterocycles. The summed E-state index contributed by atoms with van der Waals surface area (Å²) in [5.74, 6) is 1.12. The molecular weight excluding hydrogens is 324 g/mol. The first-order valence-electron chi connectivity index (χ1n) is 8.31.